The van der Waals surface area contributed by atoms with Crippen molar-refractivity contribution < 1.29 is 18.0 Å². The van der Waals surface area contributed by atoms with Gasteiger partial charge in [0, 0.05) is 19.0 Å². The lowest BCUT2D eigenvalue weighted by Gasteiger charge is -2.33. The SMILES string of the molecule is CNC(=O)c1nn(CN2CCC[C@H](C(F)(F)F)C2)c(=O)c2ccccc12. The lowest BCUT2D eigenvalue weighted by Crippen LogP contribution is -2.44. The standard InChI is InChI=1S/C17H19F3N4O2/c1-21-15(25)14-12-6-2-3-7-13(12)16(26)24(22-14)10-23-8-4-5-11(9-23)17(18,19)20/h2-3,6-7,11H,4-5,8-10H2,1H3,(H,21,25)/t11-/m0/s1. The smallest absolute Gasteiger partial charge is 0.354 e. The third-order valence-electron chi connectivity index (χ3n) is 4.61. The fraction of sp³-hybridized carbons (Fsp3) is 0.471. The van der Waals surface area contributed by atoms with Crippen LogP contribution in [0.4, 0.5) is 13.2 Å². The van der Waals surface area contributed by atoms with E-state index in [-0.39, 0.29) is 25.3 Å². The molecule has 1 fully saturated rings. The number of carbonyl (C=O) groups excluding carboxylic acids is 1. The van der Waals surface area contributed by atoms with Gasteiger partial charge in [0.25, 0.3) is 11.5 Å². The maximum atomic E-state index is 13.0. The fourth-order valence-corrected chi connectivity index (χ4v) is 3.26. The van der Waals surface area contributed by atoms with E-state index in [4.69, 9.17) is 0 Å². The highest BCUT2D eigenvalue weighted by Crippen LogP contribution is 2.33. The van der Waals surface area contributed by atoms with Gasteiger partial charge in [-0.2, -0.15) is 18.3 Å². The van der Waals surface area contributed by atoms with Gasteiger partial charge in [-0.1, -0.05) is 18.2 Å². The zero-order valence-corrected chi connectivity index (χ0v) is 14.2. The first kappa shape index (κ1) is 18.4. The van der Waals surface area contributed by atoms with Crippen LogP contribution in [-0.2, 0) is 6.67 Å². The molecule has 1 aromatic heterocycles. The Hall–Kier alpha value is -2.42. The first-order chi connectivity index (χ1) is 12.3. The molecule has 26 heavy (non-hydrogen) atoms. The van der Waals surface area contributed by atoms with Crippen molar-refractivity contribution in [1.29, 1.82) is 0 Å². The van der Waals surface area contributed by atoms with Crippen LogP contribution in [0.3, 0.4) is 0 Å². The van der Waals surface area contributed by atoms with Crippen LogP contribution in [0.1, 0.15) is 23.3 Å². The number of nitrogens with zero attached hydrogens (tertiary/aromatic N) is 3. The normalized spacial score (nSPS) is 18.8. The zero-order valence-electron chi connectivity index (χ0n) is 14.2. The highest BCUT2D eigenvalue weighted by molar-refractivity contribution is 6.04. The Morgan fingerprint density at radius 1 is 1.31 bits per heavy atom. The first-order valence-corrected chi connectivity index (χ1v) is 8.32. The van der Waals surface area contributed by atoms with Crippen molar-refractivity contribution >= 4 is 16.7 Å². The molecule has 0 bridgehead atoms. The molecule has 1 aliphatic rings. The maximum absolute atomic E-state index is 13.0. The number of nitrogens with one attached hydrogen (secondary N) is 1. The molecule has 1 aromatic carbocycles. The van der Waals surface area contributed by atoms with Crippen LogP contribution >= 0.6 is 0 Å². The average molecular weight is 368 g/mol. The molecule has 2 heterocycles. The molecule has 1 atom stereocenters. The minimum atomic E-state index is -4.26. The second kappa shape index (κ2) is 7.06. The average Bonchev–Trinajstić information content (AvgIpc) is 2.63. The molecular formula is C17H19F3N4O2. The monoisotopic (exact) mass is 368 g/mol. The molecule has 0 saturated carbocycles. The van der Waals surface area contributed by atoms with Gasteiger partial charge in [-0.15, -0.1) is 0 Å². The van der Waals surface area contributed by atoms with Gasteiger partial charge in [-0.3, -0.25) is 14.5 Å². The molecule has 3 rings (SSSR count). The van der Waals surface area contributed by atoms with E-state index >= 15 is 0 Å². The molecule has 2 aromatic rings. The molecule has 1 aliphatic heterocycles. The van der Waals surface area contributed by atoms with Crippen LogP contribution in [0, 0.1) is 5.92 Å². The predicted molar refractivity (Wildman–Crippen MR) is 89.7 cm³/mol. The molecule has 0 aliphatic carbocycles. The van der Waals surface area contributed by atoms with Crippen LogP contribution < -0.4 is 10.9 Å². The Morgan fingerprint density at radius 2 is 2.00 bits per heavy atom. The zero-order chi connectivity index (χ0) is 18.9. The molecule has 9 heteroatoms. The van der Waals surface area contributed by atoms with Crippen molar-refractivity contribution in [3.8, 4) is 0 Å². The minimum absolute atomic E-state index is 0.0760. The maximum Gasteiger partial charge on any atom is 0.393 e. The second-order valence-electron chi connectivity index (χ2n) is 6.38. The van der Waals surface area contributed by atoms with Crippen LogP contribution in [0.5, 0.6) is 0 Å². The van der Waals surface area contributed by atoms with Gasteiger partial charge in [0.15, 0.2) is 5.69 Å². The molecule has 1 saturated heterocycles. The van der Waals surface area contributed by atoms with E-state index in [9.17, 15) is 22.8 Å². The molecule has 0 unspecified atom stereocenters. The number of fused-ring (bicyclic) bond motifs is 1. The van der Waals surface area contributed by atoms with E-state index < -0.39 is 23.6 Å². The summed E-state index contributed by atoms with van der Waals surface area (Å²) >= 11 is 0. The molecular weight excluding hydrogens is 349 g/mol. The summed E-state index contributed by atoms with van der Waals surface area (Å²) in [5, 5.41) is 7.32. The number of rotatable bonds is 3. The summed E-state index contributed by atoms with van der Waals surface area (Å²) in [7, 11) is 1.45. The van der Waals surface area contributed by atoms with Crippen LogP contribution in [0.2, 0.25) is 0 Å². The number of amides is 1. The Morgan fingerprint density at radius 3 is 2.65 bits per heavy atom. The van der Waals surface area contributed by atoms with Gasteiger partial charge in [0.1, 0.15) is 0 Å². The van der Waals surface area contributed by atoms with Gasteiger partial charge in [0.05, 0.1) is 18.0 Å². The van der Waals surface area contributed by atoms with E-state index in [1.807, 2.05) is 0 Å². The number of hydrogen-bond donors (Lipinski definition) is 1. The molecule has 1 N–H and O–H groups in total. The Labute approximate surface area is 147 Å². The van der Waals surface area contributed by atoms with Gasteiger partial charge in [0.2, 0.25) is 0 Å². The predicted octanol–water partition coefficient (Wildman–Crippen LogP) is 1.99. The lowest BCUT2D eigenvalue weighted by atomic mass is 9.98. The van der Waals surface area contributed by atoms with Crippen molar-refractivity contribution in [3.63, 3.8) is 0 Å². The third-order valence-corrected chi connectivity index (χ3v) is 4.61. The third kappa shape index (κ3) is 3.57. The van der Waals surface area contributed by atoms with Gasteiger partial charge in [-0.05, 0) is 25.5 Å². The van der Waals surface area contributed by atoms with E-state index in [1.54, 1.807) is 29.2 Å². The topological polar surface area (TPSA) is 67.2 Å². The number of piperidine rings is 1. The van der Waals surface area contributed by atoms with Crippen molar-refractivity contribution in [2.45, 2.75) is 25.7 Å². The summed E-state index contributed by atoms with van der Waals surface area (Å²) in [5.41, 5.74) is -0.352. The van der Waals surface area contributed by atoms with Gasteiger partial charge in [-0.25, -0.2) is 4.68 Å². The Kier molecular flexibility index (Phi) is 4.99. The summed E-state index contributed by atoms with van der Waals surface area (Å²) in [6.45, 7) is 0.183. The highest BCUT2D eigenvalue weighted by Gasteiger charge is 2.41. The van der Waals surface area contributed by atoms with E-state index in [1.165, 1.54) is 7.05 Å². The summed E-state index contributed by atoms with van der Waals surface area (Å²) in [6, 6.07) is 6.57. The molecule has 140 valence electrons. The van der Waals surface area contributed by atoms with Gasteiger partial charge < -0.3 is 5.32 Å². The van der Waals surface area contributed by atoms with Crippen molar-refractivity contribution in [2.75, 3.05) is 20.1 Å². The van der Waals surface area contributed by atoms with Crippen molar-refractivity contribution in [2.24, 2.45) is 5.92 Å². The van der Waals surface area contributed by atoms with E-state index in [0.717, 1.165) is 4.68 Å². The molecule has 6 nitrogen and oxygen atoms in total. The largest absolute Gasteiger partial charge is 0.393 e. The summed E-state index contributed by atoms with van der Waals surface area (Å²) in [4.78, 5) is 26.3. The van der Waals surface area contributed by atoms with Crippen LogP contribution in [0.15, 0.2) is 29.1 Å². The Balaban J connectivity index is 1.96. The van der Waals surface area contributed by atoms with E-state index in [0.29, 0.717) is 23.7 Å². The van der Waals surface area contributed by atoms with Crippen molar-refractivity contribution in [3.05, 3.63) is 40.3 Å². The number of carbonyl (C=O) groups is 1. The summed E-state index contributed by atoms with van der Waals surface area (Å²) in [5.74, 6) is -1.87. The highest BCUT2D eigenvalue weighted by atomic mass is 19.4. The quantitative estimate of drug-likeness (QED) is 0.900. The first-order valence-electron chi connectivity index (χ1n) is 8.32. The number of alkyl halides is 3. The Bertz CT molecular complexity index is 878. The van der Waals surface area contributed by atoms with Crippen molar-refractivity contribution in [1.82, 2.24) is 20.0 Å². The fourth-order valence-electron chi connectivity index (χ4n) is 3.26. The van der Waals surface area contributed by atoms with Crippen LogP contribution in [0.25, 0.3) is 10.8 Å². The van der Waals surface area contributed by atoms with Gasteiger partial charge >= 0.3 is 6.18 Å². The number of halogens is 3. The number of aromatic nitrogens is 2. The minimum Gasteiger partial charge on any atom is -0.354 e. The summed E-state index contributed by atoms with van der Waals surface area (Å²) in [6.07, 6.45) is -3.77. The molecule has 1 amide bonds. The number of hydrogen-bond acceptors (Lipinski definition) is 4. The molecule has 0 spiro atoms. The summed E-state index contributed by atoms with van der Waals surface area (Å²) < 4.78 is 40.1. The second-order valence-corrected chi connectivity index (χ2v) is 6.38. The molecule has 0 radical (unpaired) electrons. The van der Waals surface area contributed by atoms with E-state index in [2.05, 4.69) is 10.4 Å². The number of benzene rings is 1. The van der Waals surface area contributed by atoms with Crippen LogP contribution in [-0.4, -0.2) is 46.9 Å². The number of likely N-dealkylation sites (tertiary alicyclic amines) is 1. The lowest BCUT2D eigenvalue weighted by molar-refractivity contribution is -0.188.